The molecule has 0 aliphatic carbocycles. The molecule has 1 aliphatic heterocycles. The van der Waals surface area contributed by atoms with Crippen molar-refractivity contribution >= 4 is 77.1 Å². The van der Waals surface area contributed by atoms with Crippen molar-refractivity contribution in [2.24, 2.45) is 0 Å². The Morgan fingerprint density at radius 2 is 1.12 bits per heavy atom. The Bertz CT molecular complexity index is 1480. The molecule has 314 valence electrons. The second-order valence-corrected chi connectivity index (χ2v) is 12.1. The summed E-state index contributed by atoms with van der Waals surface area (Å²) in [5.74, 6) is -13.7. The Labute approximate surface area is 322 Å². The molecule has 25 heteroatoms. The molecule has 56 heavy (non-hydrogen) atoms. The molecule has 0 saturated carbocycles. The van der Waals surface area contributed by atoms with Crippen molar-refractivity contribution in [2.45, 2.75) is 75.4 Å². The number of nitrogens with two attached hydrogens (primary N) is 1. The molecule has 0 unspecified atom stereocenters. The fourth-order valence-corrected chi connectivity index (χ4v) is 3.92. The molecule has 0 bridgehead atoms. The number of carboxylic acids is 8. The van der Waals surface area contributed by atoms with E-state index in [2.05, 4.69) is 27.1 Å². The van der Waals surface area contributed by atoms with E-state index in [4.69, 9.17) is 89.7 Å². The van der Waals surface area contributed by atoms with Gasteiger partial charge in [-0.15, -0.1) is 0 Å². The van der Waals surface area contributed by atoms with Crippen LogP contribution in [0.2, 0.25) is 0 Å². The zero-order chi connectivity index (χ0) is 43.7. The number of anilines is 2. The van der Waals surface area contributed by atoms with Crippen LogP contribution in [0.4, 0.5) is 16.3 Å². The fraction of sp³-hybridized carbons (Fsp3) is 0.387. The smallest absolute Gasteiger partial charge is 0.414 e. The van der Waals surface area contributed by atoms with Gasteiger partial charge >= 0.3 is 53.8 Å². The summed E-state index contributed by atoms with van der Waals surface area (Å²) in [6, 6.07) is 7.71. The van der Waals surface area contributed by atoms with Gasteiger partial charge in [0.25, 0.3) is 0 Å². The molecule has 1 aliphatic rings. The Hall–Kier alpha value is -6.76. The molecule has 1 aromatic carbocycles. The molecule has 0 atom stereocenters. The van der Waals surface area contributed by atoms with E-state index in [1.54, 1.807) is 12.4 Å². The van der Waals surface area contributed by atoms with Gasteiger partial charge in [-0.3, -0.25) is 0 Å². The Kier molecular flexibility index (Phi) is 27.8. The largest absolute Gasteiger partial charge is 0.473 e. The number of hydrogen-bond acceptors (Lipinski definition) is 15. The van der Waals surface area contributed by atoms with E-state index in [1.807, 2.05) is 58.9 Å². The number of benzene rings is 1. The minimum absolute atomic E-state index is 0. The van der Waals surface area contributed by atoms with Crippen molar-refractivity contribution in [3.05, 3.63) is 36.7 Å². The molecule has 24 nitrogen and oxygen atoms in total. The summed E-state index contributed by atoms with van der Waals surface area (Å²) in [5.41, 5.74) is 5.78. The van der Waals surface area contributed by atoms with Gasteiger partial charge < -0.3 is 67.0 Å². The van der Waals surface area contributed by atoms with Crippen molar-refractivity contribution < 1.29 is 94.2 Å². The van der Waals surface area contributed by atoms with Gasteiger partial charge in [-0.05, 0) is 58.7 Å². The second-order valence-electron chi connectivity index (χ2n) is 11.0. The molecule has 13 N–H and O–H groups in total. The van der Waals surface area contributed by atoms with Gasteiger partial charge in [-0.2, -0.15) is 0 Å². The summed E-state index contributed by atoms with van der Waals surface area (Å²) in [4.78, 5) is 97.2. The van der Waals surface area contributed by atoms with Crippen LogP contribution in [0.3, 0.4) is 0 Å². The van der Waals surface area contributed by atoms with Crippen LogP contribution in [-0.2, 0) is 43.1 Å². The summed E-state index contributed by atoms with van der Waals surface area (Å²) >= 11 is 1.53. The van der Waals surface area contributed by atoms with Gasteiger partial charge in [0.05, 0.1) is 12.4 Å². The minimum Gasteiger partial charge on any atom is -0.473 e. The Morgan fingerprint density at radius 1 is 0.732 bits per heavy atom. The number of nitrogens with zero attached hydrogens (tertiary/aromatic N) is 3. The third-order valence-electron chi connectivity index (χ3n) is 5.42. The van der Waals surface area contributed by atoms with Gasteiger partial charge in [0.15, 0.2) is 0 Å². The number of nitrogens with one attached hydrogen (secondary N) is 1. The number of amides is 1. The molecule has 2 heterocycles. The lowest BCUT2D eigenvalue weighted by Gasteiger charge is -2.40. The summed E-state index contributed by atoms with van der Waals surface area (Å²) in [5, 5.41) is 63.0. The normalized spacial score (nSPS) is 11.7. The van der Waals surface area contributed by atoms with Gasteiger partial charge in [-0.25, -0.2) is 53.1 Å². The van der Waals surface area contributed by atoms with E-state index in [9.17, 15) is 4.79 Å². The first-order valence-corrected chi connectivity index (χ1v) is 16.0. The second kappa shape index (κ2) is 27.8. The summed E-state index contributed by atoms with van der Waals surface area (Å²) < 4.78 is 5.39. The number of nitrogen functional groups attached to an aromatic ring is 1. The van der Waals surface area contributed by atoms with E-state index in [-0.39, 0.29) is 17.1 Å². The standard InChI is InChI=1S/C21H29N5O2S.4C2H2O4.C2H6.H2O/c1-20(2,3)28-19(27)25-21(4)8-10-26(11-9-21)17-13-24-18(14-23-17)29-16-7-5-6-15(22)12-16;4*3-1(4)2(5)6;1-2;/h5-7,12-14H,8-11,22H2,1-4H3,(H,25,27);4*(H,3,4)(H,5,6);1-2H3;1H2. The van der Waals surface area contributed by atoms with E-state index in [0.29, 0.717) is 0 Å². The highest BCUT2D eigenvalue weighted by atomic mass is 32.2. The van der Waals surface area contributed by atoms with Crippen LogP contribution in [0.1, 0.15) is 54.4 Å². The lowest BCUT2D eigenvalue weighted by Crippen LogP contribution is -2.54. The number of carbonyl (C=O) groups is 9. The van der Waals surface area contributed by atoms with Crippen LogP contribution in [0.25, 0.3) is 0 Å². The van der Waals surface area contributed by atoms with Crippen LogP contribution in [-0.4, -0.2) is 134 Å². The maximum absolute atomic E-state index is 12.1. The number of aromatic nitrogens is 2. The predicted molar refractivity (Wildman–Crippen MR) is 192 cm³/mol. The van der Waals surface area contributed by atoms with Gasteiger partial charge in [0, 0.05) is 29.2 Å². The molecule has 0 spiro atoms. The van der Waals surface area contributed by atoms with Crippen molar-refractivity contribution in [3.63, 3.8) is 0 Å². The van der Waals surface area contributed by atoms with E-state index >= 15 is 0 Å². The van der Waals surface area contributed by atoms with Crippen LogP contribution in [0, 0.1) is 0 Å². The SMILES string of the molecule is CC.CC1(NC(=O)OC(C)(C)C)CCN(c2cnc(Sc3cccc(N)c3)cn2)CC1.O.O=C(O)C(=O)O.O=C(O)C(=O)O.O=C(O)C(=O)O.O=C(O)C(=O)O. The van der Waals surface area contributed by atoms with Crippen molar-refractivity contribution in [2.75, 3.05) is 23.7 Å². The number of alkyl carbamates (subject to hydrolysis) is 1. The zero-order valence-electron chi connectivity index (χ0n) is 30.8. The van der Waals surface area contributed by atoms with E-state index in [1.165, 1.54) is 11.8 Å². The third kappa shape index (κ3) is 28.8. The average Bonchev–Trinajstić information content (AvgIpc) is 3.06. The summed E-state index contributed by atoms with van der Waals surface area (Å²) in [6.07, 6.45) is 4.85. The van der Waals surface area contributed by atoms with Crippen LogP contribution < -0.4 is 16.0 Å². The monoisotopic (exact) mass is 823 g/mol. The molecule has 1 amide bonds. The molecule has 1 saturated heterocycles. The highest BCUT2D eigenvalue weighted by Gasteiger charge is 2.33. The Balaban J connectivity index is -0.000000407. The third-order valence-corrected chi connectivity index (χ3v) is 6.33. The molecular weight excluding hydrogens is 778 g/mol. The number of rotatable bonds is 4. The lowest BCUT2D eigenvalue weighted by atomic mass is 9.90. The van der Waals surface area contributed by atoms with Crippen molar-refractivity contribution in [3.8, 4) is 0 Å². The highest BCUT2D eigenvalue weighted by molar-refractivity contribution is 7.99. The molecule has 1 fully saturated rings. The number of carbonyl (C=O) groups excluding carboxylic acids is 1. The number of piperidine rings is 1. The fourth-order valence-electron chi connectivity index (χ4n) is 3.13. The number of hydrogen-bond donors (Lipinski definition) is 10. The predicted octanol–water partition coefficient (Wildman–Crippen LogP) is 0.918. The number of ether oxygens (including phenoxy) is 1. The minimum atomic E-state index is -1.82. The summed E-state index contributed by atoms with van der Waals surface area (Å²) in [7, 11) is 0. The highest BCUT2D eigenvalue weighted by Crippen LogP contribution is 2.29. The maximum Gasteiger partial charge on any atom is 0.414 e. The zero-order valence-corrected chi connectivity index (χ0v) is 31.6. The molecule has 0 radical (unpaired) electrons. The molecular formula is C31H45N5O19S. The average molecular weight is 824 g/mol. The first-order chi connectivity index (χ1) is 25.2. The first kappa shape index (κ1) is 56.0. The van der Waals surface area contributed by atoms with Crippen molar-refractivity contribution in [1.82, 2.24) is 15.3 Å². The number of aliphatic carboxylic acids is 8. The Morgan fingerprint density at radius 3 is 1.43 bits per heavy atom. The van der Waals surface area contributed by atoms with Gasteiger partial charge in [0.2, 0.25) is 0 Å². The van der Waals surface area contributed by atoms with E-state index in [0.717, 1.165) is 47.4 Å². The maximum atomic E-state index is 12.1. The van der Waals surface area contributed by atoms with Gasteiger partial charge in [-0.1, -0.05) is 31.7 Å². The quantitative estimate of drug-likeness (QED) is 0.151. The van der Waals surface area contributed by atoms with Crippen LogP contribution in [0.15, 0.2) is 46.6 Å². The van der Waals surface area contributed by atoms with Gasteiger partial charge in [0.1, 0.15) is 16.4 Å². The van der Waals surface area contributed by atoms with Crippen molar-refractivity contribution in [1.29, 1.82) is 0 Å². The summed E-state index contributed by atoms with van der Waals surface area (Å²) in [6.45, 7) is 13.2. The van der Waals surface area contributed by atoms with Crippen LogP contribution in [0.5, 0.6) is 0 Å². The number of carboxylic acid groups (broad SMARTS) is 8. The molecule has 1 aromatic heterocycles. The van der Waals surface area contributed by atoms with Crippen LogP contribution >= 0.6 is 11.8 Å². The topological polar surface area (TPSA) is 423 Å². The molecule has 3 rings (SSSR count). The van der Waals surface area contributed by atoms with E-state index < -0.39 is 53.4 Å². The lowest BCUT2D eigenvalue weighted by molar-refractivity contribution is -0.159. The molecule has 2 aromatic rings. The first-order valence-electron chi connectivity index (χ1n) is 15.2.